The Morgan fingerprint density at radius 2 is 1.81 bits per heavy atom. The molecule has 1 aliphatic carbocycles. The zero-order valence-electron chi connectivity index (χ0n) is 21.4. The van der Waals surface area contributed by atoms with Crippen LogP contribution in [0.3, 0.4) is 0 Å². The van der Waals surface area contributed by atoms with Gasteiger partial charge in [-0.05, 0) is 68.0 Å². The summed E-state index contributed by atoms with van der Waals surface area (Å²) in [4.78, 5) is 25.9. The van der Waals surface area contributed by atoms with Gasteiger partial charge in [-0.25, -0.2) is 4.79 Å². The third-order valence-electron chi connectivity index (χ3n) is 7.29. The highest BCUT2D eigenvalue weighted by Gasteiger charge is 2.26. The Labute approximate surface area is 212 Å². The van der Waals surface area contributed by atoms with Crippen LogP contribution in [0.25, 0.3) is 11.3 Å². The summed E-state index contributed by atoms with van der Waals surface area (Å²) in [7, 11) is 0. The molecule has 2 aromatic carbocycles. The molecule has 0 spiro atoms. The minimum absolute atomic E-state index is 0.0376. The van der Waals surface area contributed by atoms with E-state index in [4.69, 9.17) is 0 Å². The van der Waals surface area contributed by atoms with Crippen molar-refractivity contribution in [2.75, 3.05) is 5.32 Å². The van der Waals surface area contributed by atoms with Crippen LogP contribution in [-0.2, 0) is 11.3 Å². The predicted molar refractivity (Wildman–Crippen MR) is 142 cm³/mol. The Bertz CT molecular complexity index is 1220. The molecule has 0 aliphatic heterocycles. The molecule has 0 atom stereocenters. The summed E-state index contributed by atoms with van der Waals surface area (Å²) in [5, 5.41) is 21.3. The lowest BCUT2D eigenvalue weighted by atomic mass is 10.0. The maximum atomic E-state index is 13.3. The SMILES string of the molecule is CCC(CC)C(=O)Nc1ccc(O)c(-c2cc(C3CCCC3)n(C(=O)NCc3ccccc3C)n2)c1. The van der Waals surface area contributed by atoms with Crippen LogP contribution in [0.2, 0.25) is 0 Å². The molecule has 3 aromatic rings. The molecule has 4 rings (SSSR count). The Morgan fingerprint density at radius 3 is 2.50 bits per heavy atom. The molecule has 1 saturated carbocycles. The number of carbonyl (C=O) groups excluding carboxylic acids is 2. The van der Waals surface area contributed by atoms with E-state index < -0.39 is 0 Å². The standard InChI is InChI=1S/C29H36N4O3/c1-4-20(5-2)28(35)31-23-14-15-27(34)24(16-23)25-17-26(21-11-8-9-12-21)33(32-25)29(36)30-18-22-13-7-6-10-19(22)3/h6-7,10,13-17,20-21,34H,4-5,8-9,11-12,18H2,1-3H3,(H,30,36)(H,31,35). The fourth-order valence-corrected chi connectivity index (χ4v) is 4.98. The van der Waals surface area contributed by atoms with Crippen molar-refractivity contribution >= 4 is 17.6 Å². The molecule has 190 valence electrons. The van der Waals surface area contributed by atoms with Gasteiger partial charge in [-0.15, -0.1) is 0 Å². The van der Waals surface area contributed by atoms with E-state index in [1.807, 2.05) is 51.1 Å². The van der Waals surface area contributed by atoms with Gasteiger partial charge >= 0.3 is 6.03 Å². The van der Waals surface area contributed by atoms with Crippen molar-refractivity contribution in [3.05, 3.63) is 65.4 Å². The van der Waals surface area contributed by atoms with Crippen molar-refractivity contribution in [3.8, 4) is 17.0 Å². The largest absolute Gasteiger partial charge is 0.507 e. The fourth-order valence-electron chi connectivity index (χ4n) is 4.98. The monoisotopic (exact) mass is 488 g/mol. The summed E-state index contributed by atoms with van der Waals surface area (Å²) in [6, 6.07) is 14.6. The number of aromatic hydroxyl groups is 1. The Balaban J connectivity index is 1.62. The lowest BCUT2D eigenvalue weighted by molar-refractivity contribution is -0.120. The summed E-state index contributed by atoms with van der Waals surface area (Å²) in [5.41, 5.74) is 4.63. The van der Waals surface area contributed by atoms with Crippen molar-refractivity contribution < 1.29 is 14.7 Å². The van der Waals surface area contributed by atoms with Crippen LogP contribution in [0.15, 0.2) is 48.5 Å². The van der Waals surface area contributed by atoms with Crippen LogP contribution in [0.4, 0.5) is 10.5 Å². The summed E-state index contributed by atoms with van der Waals surface area (Å²) in [5.74, 6) is 0.200. The molecule has 1 fully saturated rings. The maximum absolute atomic E-state index is 13.3. The molecular weight excluding hydrogens is 452 g/mol. The van der Waals surface area contributed by atoms with Gasteiger partial charge in [0.25, 0.3) is 0 Å². The lowest BCUT2D eigenvalue weighted by Gasteiger charge is -2.13. The van der Waals surface area contributed by atoms with Crippen molar-refractivity contribution in [2.45, 2.75) is 71.8 Å². The Hall–Kier alpha value is -3.61. The quantitative estimate of drug-likeness (QED) is 0.322. The summed E-state index contributed by atoms with van der Waals surface area (Å²) in [6.07, 6.45) is 5.79. The van der Waals surface area contributed by atoms with E-state index in [0.717, 1.165) is 55.3 Å². The number of benzene rings is 2. The number of aryl methyl sites for hydroxylation is 1. The second-order valence-corrected chi connectivity index (χ2v) is 9.67. The van der Waals surface area contributed by atoms with Crippen molar-refractivity contribution in [3.63, 3.8) is 0 Å². The molecule has 1 aromatic heterocycles. The van der Waals surface area contributed by atoms with Gasteiger partial charge < -0.3 is 15.7 Å². The first kappa shape index (κ1) is 25.5. The van der Waals surface area contributed by atoms with Gasteiger partial charge in [0.1, 0.15) is 5.75 Å². The maximum Gasteiger partial charge on any atom is 0.342 e. The van der Waals surface area contributed by atoms with Crippen molar-refractivity contribution in [2.24, 2.45) is 5.92 Å². The van der Waals surface area contributed by atoms with Gasteiger partial charge in [0.05, 0.1) is 11.4 Å². The highest BCUT2D eigenvalue weighted by atomic mass is 16.3. The molecule has 1 heterocycles. The number of phenolic OH excluding ortho intramolecular Hbond substituents is 1. The fraction of sp³-hybridized carbons (Fsp3) is 0.414. The molecule has 36 heavy (non-hydrogen) atoms. The van der Waals surface area contributed by atoms with E-state index >= 15 is 0 Å². The first-order chi connectivity index (χ1) is 17.4. The van der Waals surface area contributed by atoms with Crippen LogP contribution >= 0.6 is 0 Å². The number of nitrogens with one attached hydrogen (secondary N) is 2. The summed E-state index contributed by atoms with van der Waals surface area (Å²) in [6.45, 7) is 6.43. The minimum atomic E-state index is -0.288. The zero-order chi connectivity index (χ0) is 25.7. The van der Waals surface area contributed by atoms with Crippen LogP contribution in [0.5, 0.6) is 5.75 Å². The van der Waals surface area contributed by atoms with E-state index in [0.29, 0.717) is 23.5 Å². The number of amides is 2. The Morgan fingerprint density at radius 1 is 1.08 bits per heavy atom. The smallest absolute Gasteiger partial charge is 0.342 e. The molecule has 1 aliphatic rings. The molecule has 0 unspecified atom stereocenters. The highest BCUT2D eigenvalue weighted by Crippen LogP contribution is 2.38. The zero-order valence-corrected chi connectivity index (χ0v) is 21.4. The van der Waals surface area contributed by atoms with Gasteiger partial charge in [0.2, 0.25) is 5.91 Å². The molecule has 7 heteroatoms. The number of anilines is 1. The number of phenols is 1. The second-order valence-electron chi connectivity index (χ2n) is 9.67. The van der Waals surface area contributed by atoms with Gasteiger partial charge in [-0.1, -0.05) is 51.0 Å². The molecule has 2 amide bonds. The molecule has 3 N–H and O–H groups in total. The second kappa shape index (κ2) is 11.4. The predicted octanol–water partition coefficient (Wildman–Crippen LogP) is 6.35. The highest BCUT2D eigenvalue weighted by molar-refractivity contribution is 5.93. The number of hydrogen-bond acceptors (Lipinski definition) is 4. The number of rotatable bonds is 8. The first-order valence-electron chi connectivity index (χ1n) is 13.0. The lowest BCUT2D eigenvalue weighted by Crippen LogP contribution is -2.31. The van der Waals surface area contributed by atoms with Crippen LogP contribution in [0, 0.1) is 12.8 Å². The first-order valence-corrected chi connectivity index (χ1v) is 13.0. The van der Waals surface area contributed by atoms with E-state index in [2.05, 4.69) is 15.7 Å². The minimum Gasteiger partial charge on any atom is -0.507 e. The Kier molecular flexibility index (Phi) is 8.08. The van der Waals surface area contributed by atoms with E-state index in [9.17, 15) is 14.7 Å². The third kappa shape index (κ3) is 5.61. The van der Waals surface area contributed by atoms with Gasteiger partial charge in [0.15, 0.2) is 0 Å². The average molecular weight is 489 g/mol. The average Bonchev–Trinajstić information content (AvgIpc) is 3.55. The molecular formula is C29H36N4O3. The molecule has 7 nitrogen and oxygen atoms in total. The summed E-state index contributed by atoms with van der Waals surface area (Å²) >= 11 is 0. The van der Waals surface area contributed by atoms with Crippen molar-refractivity contribution in [1.82, 2.24) is 15.1 Å². The van der Waals surface area contributed by atoms with Crippen LogP contribution < -0.4 is 10.6 Å². The molecule has 0 saturated heterocycles. The normalized spacial score (nSPS) is 13.8. The summed E-state index contributed by atoms with van der Waals surface area (Å²) < 4.78 is 1.46. The molecule has 0 bridgehead atoms. The van der Waals surface area contributed by atoms with E-state index in [1.54, 1.807) is 18.2 Å². The number of carbonyl (C=O) groups is 2. The van der Waals surface area contributed by atoms with Crippen LogP contribution in [-0.4, -0.2) is 26.8 Å². The van der Waals surface area contributed by atoms with Crippen LogP contribution in [0.1, 0.15) is 75.1 Å². The third-order valence-corrected chi connectivity index (χ3v) is 7.29. The van der Waals surface area contributed by atoms with E-state index in [-0.39, 0.29) is 29.5 Å². The number of nitrogens with zero attached hydrogens (tertiary/aromatic N) is 2. The topological polar surface area (TPSA) is 96.2 Å². The van der Waals surface area contributed by atoms with E-state index in [1.165, 1.54) is 4.68 Å². The molecule has 0 radical (unpaired) electrons. The van der Waals surface area contributed by atoms with Gasteiger partial charge in [0, 0.05) is 29.6 Å². The van der Waals surface area contributed by atoms with Gasteiger partial charge in [-0.3, -0.25) is 4.79 Å². The number of aromatic nitrogens is 2. The van der Waals surface area contributed by atoms with Gasteiger partial charge in [-0.2, -0.15) is 9.78 Å². The number of hydrogen-bond donors (Lipinski definition) is 3. The van der Waals surface area contributed by atoms with Crippen molar-refractivity contribution in [1.29, 1.82) is 0 Å².